The van der Waals surface area contributed by atoms with Crippen molar-refractivity contribution in [2.45, 2.75) is 33.6 Å². The van der Waals surface area contributed by atoms with Crippen LogP contribution in [0.2, 0.25) is 0 Å². The first-order valence-corrected chi connectivity index (χ1v) is 9.08. The van der Waals surface area contributed by atoms with Crippen molar-refractivity contribution in [3.05, 3.63) is 39.9 Å². The molecule has 0 saturated carbocycles. The van der Waals surface area contributed by atoms with E-state index >= 15 is 0 Å². The van der Waals surface area contributed by atoms with E-state index < -0.39 is 11.6 Å². The zero-order valence-electron chi connectivity index (χ0n) is 15.0. The van der Waals surface area contributed by atoms with E-state index in [-0.39, 0.29) is 0 Å². The van der Waals surface area contributed by atoms with Gasteiger partial charge in [0.1, 0.15) is 5.82 Å². The highest BCUT2D eigenvalue weighted by atomic mass is 79.9. The summed E-state index contributed by atoms with van der Waals surface area (Å²) in [4.78, 5) is 8.96. The molecule has 6 nitrogen and oxygen atoms in total. The van der Waals surface area contributed by atoms with Crippen LogP contribution >= 0.6 is 15.9 Å². The van der Waals surface area contributed by atoms with E-state index in [2.05, 4.69) is 49.9 Å². The number of aryl methyl sites for hydroxylation is 2. The molecule has 2 aromatic heterocycles. The second-order valence-electron chi connectivity index (χ2n) is 6.31. The lowest BCUT2D eigenvalue weighted by molar-refractivity contribution is 0.508. The van der Waals surface area contributed by atoms with Gasteiger partial charge in [-0.05, 0) is 40.9 Å². The number of rotatable bonds is 5. The van der Waals surface area contributed by atoms with Crippen molar-refractivity contribution in [1.29, 1.82) is 0 Å². The second-order valence-corrected chi connectivity index (χ2v) is 7.16. The van der Waals surface area contributed by atoms with Crippen molar-refractivity contribution in [2.75, 3.05) is 0 Å². The molecule has 3 rings (SSSR count). The molecule has 9 heteroatoms. The Labute approximate surface area is 158 Å². The van der Waals surface area contributed by atoms with Crippen LogP contribution in [0.1, 0.15) is 31.9 Å². The van der Waals surface area contributed by atoms with Crippen molar-refractivity contribution in [2.24, 2.45) is 13.0 Å². The highest BCUT2D eigenvalue weighted by Crippen LogP contribution is 2.30. The smallest absolute Gasteiger partial charge is 0.233 e. The third kappa shape index (κ3) is 3.53. The third-order valence-electron chi connectivity index (χ3n) is 4.17. The lowest BCUT2D eigenvalue weighted by atomic mass is 10.1. The van der Waals surface area contributed by atoms with Crippen LogP contribution < -0.4 is 0 Å². The van der Waals surface area contributed by atoms with Crippen LogP contribution in [0.3, 0.4) is 0 Å². The Hall–Kier alpha value is -2.16. The normalized spacial score (nSPS) is 12.6. The Kier molecular flexibility index (Phi) is 5.17. The minimum atomic E-state index is -0.949. The van der Waals surface area contributed by atoms with E-state index in [0.29, 0.717) is 45.8 Å². The Balaban J connectivity index is 2.20. The van der Waals surface area contributed by atoms with Gasteiger partial charge in [-0.25, -0.2) is 18.4 Å². The van der Waals surface area contributed by atoms with Crippen molar-refractivity contribution in [3.8, 4) is 17.3 Å². The Bertz CT molecular complexity index is 949. The molecule has 0 N–H and O–H groups in total. The van der Waals surface area contributed by atoms with Crippen LogP contribution in [0.4, 0.5) is 8.78 Å². The number of aromatic nitrogens is 6. The molecule has 0 aliphatic carbocycles. The highest BCUT2D eigenvalue weighted by molar-refractivity contribution is 9.10. The summed E-state index contributed by atoms with van der Waals surface area (Å²) in [6.45, 7) is 5.98. The number of hydrogen-bond acceptors (Lipinski definition) is 4. The van der Waals surface area contributed by atoms with Crippen molar-refractivity contribution < 1.29 is 8.78 Å². The molecular formula is C17H19BrF2N6. The molecule has 0 fully saturated rings. The molecule has 0 amide bonds. The van der Waals surface area contributed by atoms with E-state index in [1.807, 2.05) is 0 Å². The van der Waals surface area contributed by atoms with E-state index in [1.54, 1.807) is 18.7 Å². The number of hydrogen-bond donors (Lipinski definition) is 0. The summed E-state index contributed by atoms with van der Waals surface area (Å²) in [6, 6.07) is 2.19. The van der Waals surface area contributed by atoms with E-state index in [1.165, 1.54) is 4.68 Å². The zero-order chi connectivity index (χ0) is 19.0. The molecule has 0 aliphatic rings. The molecule has 26 heavy (non-hydrogen) atoms. The minimum absolute atomic E-state index is 0.379. The van der Waals surface area contributed by atoms with E-state index in [9.17, 15) is 8.78 Å². The van der Waals surface area contributed by atoms with Crippen molar-refractivity contribution in [3.63, 3.8) is 0 Å². The van der Waals surface area contributed by atoms with Gasteiger partial charge >= 0.3 is 0 Å². The fourth-order valence-corrected chi connectivity index (χ4v) is 3.08. The van der Waals surface area contributed by atoms with Gasteiger partial charge in [0, 0.05) is 23.5 Å². The van der Waals surface area contributed by atoms with Crippen molar-refractivity contribution in [1.82, 2.24) is 29.5 Å². The van der Waals surface area contributed by atoms with Crippen molar-refractivity contribution >= 4 is 15.9 Å². The third-order valence-corrected chi connectivity index (χ3v) is 4.82. The SMILES string of the molecule is CCC(C)Cc1nc(-c2cc(F)c(F)cc2Br)n(-c2nc(C)nn2C)n1. The van der Waals surface area contributed by atoms with Gasteiger partial charge in [0.25, 0.3) is 5.95 Å². The largest absolute Gasteiger partial charge is 0.251 e. The Morgan fingerprint density at radius 1 is 1.15 bits per heavy atom. The lowest BCUT2D eigenvalue weighted by Crippen LogP contribution is -2.08. The van der Waals surface area contributed by atoms with Gasteiger partial charge < -0.3 is 0 Å². The number of benzene rings is 1. The predicted molar refractivity (Wildman–Crippen MR) is 96.9 cm³/mol. The second kappa shape index (κ2) is 7.22. The molecule has 1 atom stereocenters. The molecule has 0 saturated heterocycles. The minimum Gasteiger partial charge on any atom is -0.233 e. The van der Waals surface area contributed by atoms with Gasteiger partial charge in [0.05, 0.1) is 0 Å². The van der Waals surface area contributed by atoms with E-state index in [0.717, 1.165) is 18.6 Å². The molecular weight excluding hydrogens is 406 g/mol. The highest BCUT2D eigenvalue weighted by Gasteiger charge is 2.22. The molecule has 1 aromatic carbocycles. The molecule has 0 aliphatic heterocycles. The molecule has 0 spiro atoms. The van der Waals surface area contributed by atoms with Gasteiger partial charge in [0.2, 0.25) is 0 Å². The summed E-state index contributed by atoms with van der Waals surface area (Å²) < 4.78 is 30.9. The summed E-state index contributed by atoms with van der Waals surface area (Å²) >= 11 is 3.29. The maximum absolute atomic E-state index is 13.8. The fraction of sp³-hybridized carbons (Fsp3) is 0.412. The molecule has 0 radical (unpaired) electrons. The van der Waals surface area contributed by atoms with Crippen LogP contribution in [0.15, 0.2) is 16.6 Å². The lowest BCUT2D eigenvalue weighted by Gasteiger charge is -2.07. The van der Waals surface area contributed by atoms with Crippen LogP contribution in [-0.4, -0.2) is 29.5 Å². The maximum Gasteiger partial charge on any atom is 0.251 e. The average molecular weight is 425 g/mol. The van der Waals surface area contributed by atoms with Crippen LogP contribution in [-0.2, 0) is 13.5 Å². The molecule has 2 heterocycles. The number of halogens is 3. The molecule has 1 unspecified atom stereocenters. The summed E-state index contributed by atoms with van der Waals surface area (Å²) in [5, 5.41) is 8.79. The maximum atomic E-state index is 13.8. The van der Waals surface area contributed by atoms with Gasteiger partial charge in [-0.2, -0.15) is 14.8 Å². The average Bonchev–Trinajstić information content (AvgIpc) is 3.13. The monoisotopic (exact) mass is 424 g/mol. The predicted octanol–water partition coefficient (Wildman–Crippen LogP) is 4.00. The Morgan fingerprint density at radius 2 is 1.85 bits per heavy atom. The zero-order valence-corrected chi connectivity index (χ0v) is 16.5. The first-order valence-electron chi connectivity index (χ1n) is 8.29. The molecule has 138 valence electrons. The summed E-state index contributed by atoms with van der Waals surface area (Å²) in [5.41, 5.74) is 0.396. The summed E-state index contributed by atoms with van der Waals surface area (Å²) in [7, 11) is 1.75. The van der Waals surface area contributed by atoms with Crippen LogP contribution in [0.5, 0.6) is 0 Å². The quantitative estimate of drug-likeness (QED) is 0.580. The van der Waals surface area contributed by atoms with Gasteiger partial charge in [-0.3, -0.25) is 0 Å². The van der Waals surface area contributed by atoms with Crippen LogP contribution in [0.25, 0.3) is 17.3 Å². The summed E-state index contributed by atoms with van der Waals surface area (Å²) in [5.74, 6) is 0.551. The first kappa shape index (κ1) is 18.6. The molecule has 3 aromatic rings. The van der Waals surface area contributed by atoms with E-state index in [4.69, 9.17) is 0 Å². The van der Waals surface area contributed by atoms with Gasteiger partial charge in [-0.15, -0.1) is 5.10 Å². The Morgan fingerprint density at radius 3 is 2.46 bits per heavy atom. The number of nitrogens with zero attached hydrogens (tertiary/aromatic N) is 6. The topological polar surface area (TPSA) is 61.4 Å². The van der Waals surface area contributed by atoms with Gasteiger partial charge in [0.15, 0.2) is 23.3 Å². The van der Waals surface area contributed by atoms with Gasteiger partial charge in [-0.1, -0.05) is 20.3 Å². The summed E-state index contributed by atoms with van der Waals surface area (Å²) in [6.07, 6.45) is 1.66. The standard InChI is InChI=1S/C17H19BrF2N6/c1-5-9(2)6-15-22-16(11-7-13(19)14(20)8-12(11)18)26(24-15)17-21-10(3)23-25(17)4/h7-9H,5-6H2,1-4H3. The first-order chi connectivity index (χ1) is 12.3. The molecule has 0 bridgehead atoms. The van der Waals surface area contributed by atoms with Crippen LogP contribution in [0, 0.1) is 24.5 Å². The fourth-order valence-electron chi connectivity index (χ4n) is 2.59.